The molecule has 0 aromatic heterocycles. The molecule has 0 heterocycles. The van der Waals surface area contributed by atoms with E-state index >= 15 is 0 Å². The molecule has 0 bridgehead atoms. The van der Waals surface area contributed by atoms with E-state index in [1.54, 1.807) is 30.3 Å². The molecule has 6 heteroatoms. The lowest BCUT2D eigenvalue weighted by Gasteiger charge is -2.15. The number of amides is 2. The van der Waals surface area contributed by atoms with E-state index in [9.17, 15) is 14.0 Å². The first-order valence-corrected chi connectivity index (χ1v) is 7.05. The van der Waals surface area contributed by atoms with Crippen molar-refractivity contribution in [2.45, 2.75) is 20.0 Å². The van der Waals surface area contributed by atoms with Crippen LogP contribution in [0.5, 0.6) is 5.75 Å². The van der Waals surface area contributed by atoms with Crippen molar-refractivity contribution in [1.82, 2.24) is 10.9 Å². The van der Waals surface area contributed by atoms with Gasteiger partial charge in [0.25, 0.3) is 11.8 Å². The second-order valence-electron chi connectivity index (χ2n) is 5.00. The Morgan fingerprint density at radius 2 is 1.70 bits per heavy atom. The average molecular weight is 316 g/mol. The van der Waals surface area contributed by atoms with Crippen LogP contribution in [-0.2, 0) is 4.79 Å². The minimum atomic E-state index is -0.967. The van der Waals surface area contributed by atoms with E-state index in [2.05, 4.69) is 10.9 Å². The Morgan fingerprint density at radius 3 is 2.35 bits per heavy atom. The van der Waals surface area contributed by atoms with Crippen LogP contribution in [0.15, 0.2) is 48.5 Å². The molecule has 1 atom stereocenters. The van der Waals surface area contributed by atoms with Gasteiger partial charge in [-0.25, -0.2) is 4.39 Å². The predicted molar refractivity (Wildman–Crippen MR) is 83.3 cm³/mol. The van der Waals surface area contributed by atoms with E-state index < -0.39 is 23.7 Å². The fourth-order valence-corrected chi connectivity index (χ4v) is 1.78. The Kier molecular flexibility index (Phi) is 5.30. The number of ether oxygens (including phenoxy) is 1. The van der Waals surface area contributed by atoms with Gasteiger partial charge >= 0.3 is 0 Å². The Balaban J connectivity index is 1.87. The van der Waals surface area contributed by atoms with Crippen molar-refractivity contribution >= 4 is 11.8 Å². The summed E-state index contributed by atoms with van der Waals surface area (Å²) < 4.78 is 18.7. The maximum atomic E-state index is 13.5. The number of para-hydroxylation sites is 1. The summed E-state index contributed by atoms with van der Waals surface area (Å²) in [5.41, 5.74) is 5.98. The van der Waals surface area contributed by atoms with Gasteiger partial charge in [-0.15, -0.1) is 0 Å². The number of rotatable bonds is 4. The smallest absolute Gasteiger partial charge is 0.279 e. The number of carbonyl (C=O) groups is 2. The highest BCUT2D eigenvalue weighted by molar-refractivity contribution is 5.95. The molecule has 5 nitrogen and oxygen atoms in total. The molecule has 0 radical (unpaired) electrons. The van der Waals surface area contributed by atoms with Gasteiger partial charge in [-0.05, 0) is 38.1 Å². The maximum absolute atomic E-state index is 13.5. The summed E-state index contributed by atoms with van der Waals surface area (Å²) in [5, 5.41) is 0. The molecule has 2 rings (SSSR count). The van der Waals surface area contributed by atoms with Gasteiger partial charge in [0.05, 0.1) is 0 Å². The van der Waals surface area contributed by atoms with Gasteiger partial charge in [-0.3, -0.25) is 20.4 Å². The zero-order chi connectivity index (χ0) is 16.8. The van der Waals surface area contributed by atoms with Crippen LogP contribution in [0.3, 0.4) is 0 Å². The molecular weight excluding hydrogens is 299 g/mol. The lowest BCUT2D eigenvalue weighted by molar-refractivity contribution is -0.128. The van der Waals surface area contributed by atoms with Crippen molar-refractivity contribution in [1.29, 1.82) is 0 Å². The number of nitrogens with one attached hydrogen (secondary N) is 2. The third kappa shape index (κ3) is 4.54. The number of carbonyl (C=O) groups excluding carboxylic acids is 2. The lowest BCUT2D eigenvalue weighted by atomic mass is 10.1. The Labute approximate surface area is 133 Å². The molecule has 0 saturated carbocycles. The second-order valence-corrected chi connectivity index (χ2v) is 5.00. The third-order valence-electron chi connectivity index (χ3n) is 3.12. The van der Waals surface area contributed by atoms with Gasteiger partial charge in [-0.2, -0.15) is 0 Å². The molecule has 2 aromatic rings. The molecule has 2 aromatic carbocycles. The maximum Gasteiger partial charge on any atom is 0.279 e. The lowest BCUT2D eigenvalue weighted by Crippen LogP contribution is -2.47. The number of aryl methyl sites for hydroxylation is 1. The predicted octanol–water partition coefficient (Wildman–Crippen LogP) is 2.36. The molecule has 0 spiro atoms. The standard InChI is InChI=1S/C17H17FN2O3/c1-11-7-9-13(10-8-11)17(22)20-19-16(21)12(2)23-15-6-4-3-5-14(15)18/h3-10,12H,1-2H3,(H,19,21)(H,20,22)/t12-/m1/s1. The molecule has 0 saturated heterocycles. The summed E-state index contributed by atoms with van der Waals surface area (Å²) in [7, 11) is 0. The quantitative estimate of drug-likeness (QED) is 0.851. The van der Waals surface area contributed by atoms with Crippen LogP contribution >= 0.6 is 0 Å². The molecular formula is C17H17FN2O3. The van der Waals surface area contributed by atoms with Crippen LogP contribution in [0.25, 0.3) is 0 Å². The van der Waals surface area contributed by atoms with Crippen LogP contribution in [0.4, 0.5) is 4.39 Å². The summed E-state index contributed by atoms with van der Waals surface area (Å²) in [5.74, 6) is -1.62. The van der Waals surface area contributed by atoms with Gasteiger partial charge in [-0.1, -0.05) is 29.8 Å². The Morgan fingerprint density at radius 1 is 1.04 bits per heavy atom. The molecule has 0 unspecified atom stereocenters. The third-order valence-corrected chi connectivity index (χ3v) is 3.12. The van der Waals surface area contributed by atoms with Crippen molar-refractivity contribution in [3.05, 3.63) is 65.5 Å². The van der Waals surface area contributed by atoms with E-state index in [1.165, 1.54) is 25.1 Å². The molecule has 0 aliphatic carbocycles. The highest BCUT2D eigenvalue weighted by Crippen LogP contribution is 2.16. The van der Waals surface area contributed by atoms with Crippen LogP contribution in [0.1, 0.15) is 22.8 Å². The monoisotopic (exact) mass is 316 g/mol. The number of halogens is 1. The first kappa shape index (κ1) is 16.5. The Bertz CT molecular complexity index is 701. The SMILES string of the molecule is Cc1ccc(C(=O)NNC(=O)[C@@H](C)Oc2ccccc2F)cc1. The van der Waals surface area contributed by atoms with Gasteiger partial charge in [0.2, 0.25) is 0 Å². The summed E-state index contributed by atoms with van der Waals surface area (Å²) in [6.07, 6.45) is -0.967. The van der Waals surface area contributed by atoms with Gasteiger partial charge in [0, 0.05) is 5.56 Å². The topological polar surface area (TPSA) is 67.4 Å². The van der Waals surface area contributed by atoms with Crippen LogP contribution in [0, 0.1) is 12.7 Å². The van der Waals surface area contributed by atoms with Gasteiger partial charge < -0.3 is 4.74 Å². The van der Waals surface area contributed by atoms with E-state index in [0.29, 0.717) is 5.56 Å². The Hall–Kier alpha value is -2.89. The van der Waals surface area contributed by atoms with E-state index in [-0.39, 0.29) is 5.75 Å². The normalized spacial score (nSPS) is 11.4. The fourth-order valence-electron chi connectivity index (χ4n) is 1.78. The first-order valence-electron chi connectivity index (χ1n) is 7.05. The average Bonchev–Trinajstić information content (AvgIpc) is 2.55. The summed E-state index contributed by atoms with van der Waals surface area (Å²) >= 11 is 0. The van der Waals surface area contributed by atoms with Gasteiger partial charge in [0.15, 0.2) is 17.7 Å². The molecule has 0 aliphatic rings. The number of hydrogen-bond donors (Lipinski definition) is 2. The van der Waals surface area contributed by atoms with Crippen molar-refractivity contribution in [2.75, 3.05) is 0 Å². The van der Waals surface area contributed by atoms with Crippen LogP contribution in [0.2, 0.25) is 0 Å². The first-order chi connectivity index (χ1) is 11.0. The van der Waals surface area contributed by atoms with Gasteiger partial charge in [0.1, 0.15) is 0 Å². The molecule has 0 fully saturated rings. The van der Waals surface area contributed by atoms with Crippen molar-refractivity contribution in [2.24, 2.45) is 0 Å². The van der Waals surface area contributed by atoms with Crippen molar-refractivity contribution in [3.8, 4) is 5.75 Å². The van der Waals surface area contributed by atoms with Crippen LogP contribution < -0.4 is 15.6 Å². The summed E-state index contributed by atoms with van der Waals surface area (Å²) in [6, 6.07) is 12.7. The fraction of sp³-hybridized carbons (Fsp3) is 0.176. The summed E-state index contributed by atoms with van der Waals surface area (Å²) in [6.45, 7) is 3.37. The zero-order valence-electron chi connectivity index (χ0n) is 12.8. The minimum Gasteiger partial charge on any atom is -0.478 e. The largest absolute Gasteiger partial charge is 0.478 e. The highest BCUT2D eigenvalue weighted by Gasteiger charge is 2.17. The number of benzene rings is 2. The molecule has 120 valence electrons. The van der Waals surface area contributed by atoms with E-state index in [1.807, 2.05) is 6.92 Å². The van der Waals surface area contributed by atoms with E-state index in [0.717, 1.165) is 5.56 Å². The second kappa shape index (κ2) is 7.40. The van der Waals surface area contributed by atoms with Crippen LogP contribution in [-0.4, -0.2) is 17.9 Å². The number of hydrazine groups is 1. The zero-order valence-corrected chi connectivity index (χ0v) is 12.8. The number of hydrogen-bond acceptors (Lipinski definition) is 3. The molecule has 0 aliphatic heterocycles. The van der Waals surface area contributed by atoms with Crippen molar-refractivity contribution < 1.29 is 18.7 Å². The molecule has 2 N–H and O–H groups in total. The highest BCUT2D eigenvalue weighted by atomic mass is 19.1. The minimum absolute atomic E-state index is 0.0278. The van der Waals surface area contributed by atoms with E-state index in [4.69, 9.17) is 4.74 Å². The summed E-state index contributed by atoms with van der Waals surface area (Å²) in [4.78, 5) is 23.7. The molecule has 23 heavy (non-hydrogen) atoms. The molecule has 2 amide bonds. The van der Waals surface area contributed by atoms with Crippen molar-refractivity contribution in [3.63, 3.8) is 0 Å².